The molecular formula is C15H18BrNO3S. The van der Waals surface area contributed by atoms with Gasteiger partial charge in [0.05, 0.1) is 5.75 Å². The SMILES string of the molecule is Cc1cc(Br)ccc1SCC(=O)N1CCCC1(C)C(=O)O. The van der Waals surface area contributed by atoms with Crippen LogP contribution in [0.5, 0.6) is 0 Å². The van der Waals surface area contributed by atoms with Gasteiger partial charge in [0.25, 0.3) is 0 Å². The second-order valence-corrected chi connectivity index (χ2v) is 7.36. The van der Waals surface area contributed by atoms with E-state index in [2.05, 4.69) is 15.9 Å². The summed E-state index contributed by atoms with van der Waals surface area (Å²) < 4.78 is 1.01. The number of carbonyl (C=O) groups is 2. The largest absolute Gasteiger partial charge is 0.480 e. The van der Waals surface area contributed by atoms with E-state index in [1.807, 2.05) is 25.1 Å². The monoisotopic (exact) mass is 371 g/mol. The lowest BCUT2D eigenvalue weighted by Crippen LogP contribution is -2.51. The predicted octanol–water partition coefficient (Wildman–Crippen LogP) is 3.32. The fraction of sp³-hybridized carbons (Fsp3) is 0.467. The van der Waals surface area contributed by atoms with Crippen molar-refractivity contribution >= 4 is 39.6 Å². The lowest BCUT2D eigenvalue weighted by atomic mass is 9.99. The summed E-state index contributed by atoms with van der Waals surface area (Å²) in [7, 11) is 0. The van der Waals surface area contributed by atoms with Crippen LogP contribution in [0.25, 0.3) is 0 Å². The molecule has 0 saturated carbocycles. The third-order valence-corrected chi connectivity index (χ3v) is 5.54. The molecule has 1 saturated heterocycles. The summed E-state index contributed by atoms with van der Waals surface area (Å²) in [5, 5.41) is 9.35. The first-order valence-electron chi connectivity index (χ1n) is 6.77. The van der Waals surface area contributed by atoms with Crippen LogP contribution in [0, 0.1) is 6.92 Å². The van der Waals surface area contributed by atoms with Gasteiger partial charge in [-0.2, -0.15) is 0 Å². The summed E-state index contributed by atoms with van der Waals surface area (Å²) >= 11 is 4.87. The van der Waals surface area contributed by atoms with Crippen molar-refractivity contribution in [3.8, 4) is 0 Å². The molecular weight excluding hydrogens is 354 g/mol. The Kier molecular flexibility index (Phi) is 4.99. The predicted molar refractivity (Wildman–Crippen MR) is 86.6 cm³/mol. The van der Waals surface area contributed by atoms with Gasteiger partial charge in [0.2, 0.25) is 5.91 Å². The average Bonchev–Trinajstić information content (AvgIpc) is 2.81. The second kappa shape index (κ2) is 6.40. The molecule has 1 aliphatic heterocycles. The first kappa shape index (κ1) is 16.4. The zero-order valence-corrected chi connectivity index (χ0v) is 14.5. The second-order valence-electron chi connectivity index (χ2n) is 5.43. The average molecular weight is 372 g/mol. The van der Waals surface area contributed by atoms with Crippen LogP contribution >= 0.6 is 27.7 Å². The van der Waals surface area contributed by atoms with Crippen LogP contribution in [0.1, 0.15) is 25.3 Å². The van der Waals surface area contributed by atoms with Crippen molar-refractivity contribution in [2.75, 3.05) is 12.3 Å². The van der Waals surface area contributed by atoms with E-state index in [1.165, 1.54) is 16.7 Å². The van der Waals surface area contributed by atoms with Crippen molar-refractivity contribution in [2.24, 2.45) is 0 Å². The number of nitrogens with zero attached hydrogens (tertiary/aromatic N) is 1. The first-order chi connectivity index (χ1) is 9.84. The molecule has 1 heterocycles. The van der Waals surface area contributed by atoms with Gasteiger partial charge in [-0.1, -0.05) is 15.9 Å². The van der Waals surface area contributed by atoms with Crippen LogP contribution in [0.15, 0.2) is 27.6 Å². The van der Waals surface area contributed by atoms with Gasteiger partial charge in [-0.3, -0.25) is 4.79 Å². The molecule has 1 aromatic carbocycles. The minimum atomic E-state index is -1.05. The van der Waals surface area contributed by atoms with Gasteiger partial charge in [0, 0.05) is 15.9 Å². The number of benzene rings is 1. The molecule has 0 spiro atoms. The highest BCUT2D eigenvalue weighted by molar-refractivity contribution is 9.10. The van der Waals surface area contributed by atoms with Crippen molar-refractivity contribution in [3.05, 3.63) is 28.2 Å². The Hall–Kier alpha value is -1.01. The van der Waals surface area contributed by atoms with Crippen LogP contribution < -0.4 is 0 Å². The molecule has 0 aliphatic carbocycles. The highest BCUT2D eigenvalue weighted by atomic mass is 79.9. The fourth-order valence-corrected chi connectivity index (χ4v) is 3.94. The van der Waals surface area contributed by atoms with Gasteiger partial charge < -0.3 is 10.0 Å². The molecule has 6 heteroatoms. The maximum absolute atomic E-state index is 12.3. The topological polar surface area (TPSA) is 57.6 Å². The molecule has 114 valence electrons. The van der Waals surface area contributed by atoms with Gasteiger partial charge in [-0.25, -0.2) is 4.79 Å². The summed E-state index contributed by atoms with van der Waals surface area (Å²) in [6, 6.07) is 5.92. The van der Waals surface area contributed by atoms with Crippen molar-refractivity contribution in [3.63, 3.8) is 0 Å². The van der Waals surface area contributed by atoms with E-state index in [0.29, 0.717) is 13.0 Å². The van der Waals surface area contributed by atoms with Gasteiger partial charge >= 0.3 is 5.97 Å². The maximum atomic E-state index is 12.3. The number of hydrogen-bond acceptors (Lipinski definition) is 3. The normalized spacial score (nSPS) is 21.6. The standard InChI is InChI=1S/C15H18BrNO3S/c1-10-8-11(16)4-5-12(10)21-9-13(18)17-7-3-6-15(17,2)14(19)20/h4-5,8H,3,6-7,9H2,1-2H3,(H,19,20). The molecule has 0 bridgehead atoms. The first-order valence-corrected chi connectivity index (χ1v) is 8.55. The molecule has 1 aromatic rings. The lowest BCUT2D eigenvalue weighted by Gasteiger charge is -2.31. The van der Waals surface area contributed by atoms with Crippen molar-refractivity contribution in [2.45, 2.75) is 37.1 Å². The molecule has 2 rings (SSSR count). The number of hydrogen-bond donors (Lipinski definition) is 1. The van der Waals surface area contributed by atoms with E-state index in [0.717, 1.165) is 21.4 Å². The van der Waals surface area contributed by atoms with Gasteiger partial charge in [0.15, 0.2) is 0 Å². The number of carboxylic acid groups (broad SMARTS) is 1. The Labute approximate surface area is 137 Å². The Morgan fingerprint density at radius 2 is 2.19 bits per heavy atom. The van der Waals surface area contributed by atoms with Gasteiger partial charge in [0.1, 0.15) is 5.54 Å². The van der Waals surface area contributed by atoms with E-state index < -0.39 is 11.5 Å². The number of carboxylic acids is 1. The summed E-state index contributed by atoms with van der Waals surface area (Å²) in [6.45, 7) is 4.16. The third kappa shape index (κ3) is 3.43. The summed E-state index contributed by atoms with van der Waals surface area (Å²) in [6.07, 6.45) is 1.27. The number of amides is 1. The van der Waals surface area contributed by atoms with Crippen molar-refractivity contribution < 1.29 is 14.7 Å². The lowest BCUT2D eigenvalue weighted by molar-refractivity contribution is -0.154. The molecule has 1 atom stereocenters. The number of carbonyl (C=O) groups excluding carboxylic acids is 1. The Morgan fingerprint density at radius 1 is 1.48 bits per heavy atom. The molecule has 0 radical (unpaired) electrons. The molecule has 1 fully saturated rings. The molecule has 0 aromatic heterocycles. The quantitative estimate of drug-likeness (QED) is 0.824. The number of aryl methyl sites for hydroxylation is 1. The fourth-order valence-electron chi connectivity index (χ4n) is 2.58. The smallest absolute Gasteiger partial charge is 0.329 e. The molecule has 1 amide bonds. The van der Waals surface area contributed by atoms with Crippen LogP contribution in [0.2, 0.25) is 0 Å². The van der Waals surface area contributed by atoms with Crippen LogP contribution in [-0.4, -0.2) is 39.7 Å². The van der Waals surface area contributed by atoms with E-state index >= 15 is 0 Å². The van der Waals surface area contributed by atoms with Gasteiger partial charge in [-0.15, -0.1) is 11.8 Å². The zero-order chi connectivity index (χ0) is 15.6. The van der Waals surface area contributed by atoms with E-state index in [-0.39, 0.29) is 11.7 Å². The highest BCUT2D eigenvalue weighted by Crippen LogP contribution is 2.31. The number of thioether (sulfide) groups is 1. The van der Waals surface area contributed by atoms with Crippen molar-refractivity contribution in [1.82, 2.24) is 4.90 Å². The van der Waals surface area contributed by atoms with E-state index in [4.69, 9.17) is 0 Å². The molecule has 4 nitrogen and oxygen atoms in total. The molecule has 21 heavy (non-hydrogen) atoms. The number of halogens is 1. The van der Waals surface area contributed by atoms with Crippen LogP contribution in [0.3, 0.4) is 0 Å². The van der Waals surface area contributed by atoms with Gasteiger partial charge in [-0.05, 0) is 50.5 Å². The van der Waals surface area contributed by atoms with Crippen LogP contribution in [-0.2, 0) is 9.59 Å². The summed E-state index contributed by atoms with van der Waals surface area (Å²) in [4.78, 5) is 26.3. The third-order valence-electron chi connectivity index (χ3n) is 3.89. The molecule has 1 aliphatic rings. The Balaban J connectivity index is 2.03. The minimum absolute atomic E-state index is 0.107. The summed E-state index contributed by atoms with van der Waals surface area (Å²) in [5.74, 6) is -0.756. The van der Waals surface area contributed by atoms with E-state index in [9.17, 15) is 14.7 Å². The number of aliphatic carboxylic acids is 1. The van der Waals surface area contributed by atoms with E-state index in [1.54, 1.807) is 6.92 Å². The molecule has 1 N–H and O–H groups in total. The number of rotatable bonds is 4. The molecule has 1 unspecified atom stereocenters. The Morgan fingerprint density at radius 3 is 2.81 bits per heavy atom. The maximum Gasteiger partial charge on any atom is 0.329 e. The highest BCUT2D eigenvalue weighted by Gasteiger charge is 2.45. The Bertz CT molecular complexity index is 578. The van der Waals surface area contributed by atoms with Crippen LogP contribution in [0.4, 0.5) is 0 Å². The minimum Gasteiger partial charge on any atom is -0.480 e. The van der Waals surface area contributed by atoms with Crippen molar-refractivity contribution in [1.29, 1.82) is 0 Å². The summed E-state index contributed by atoms with van der Waals surface area (Å²) in [5.41, 5.74) is 0.0523. The zero-order valence-electron chi connectivity index (χ0n) is 12.1. The number of likely N-dealkylation sites (tertiary alicyclic amines) is 1.